The molecule has 21 heavy (non-hydrogen) atoms. The lowest BCUT2D eigenvalue weighted by Crippen LogP contribution is -2.44. The Balaban J connectivity index is 2.84. The number of carboxylic acid groups (broad SMARTS) is 1. The molecule has 0 aromatic heterocycles. The number of nitrogens with zero attached hydrogens (tertiary/aromatic N) is 1. The third kappa shape index (κ3) is 5.90. The van der Waals surface area contributed by atoms with Gasteiger partial charge in [0, 0.05) is 10.7 Å². The number of carbonyl (C=O) groups is 2. The maximum atomic E-state index is 12.3. The van der Waals surface area contributed by atoms with Gasteiger partial charge in [0.2, 0.25) is 0 Å². The Hall–Kier alpha value is -1.96. The van der Waals surface area contributed by atoms with E-state index in [9.17, 15) is 22.8 Å². The minimum Gasteiger partial charge on any atom is -0.480 e. The quantitative estimate of drug-likeness (QED) is 0.894. The second-order valence-corrected chi connectivity index (χ2v) is 4.67. The minimum absolute atomic E-state index is 0.149. The molecule has 2 N–H and O–H groups in total. The van der Waals surface area contributed by atoms with Crippen LogP contribution in [0.2, 0.25) is 5.02 Å². The summed E-state index contributed by atoms with van der Waals surface area (Å²) in [5.41, 5.74) is 0.903. The molecule has 2 amide bonds. The van der Waals surface area contributed by atoms with Crippen molar-refractivity contribution < 1.29 is 27.9 Å². The van der Waals surface area contributed by atoms with Gasteiger partial charge in [0.15, 0.2) is 0 Å². The number of anilines is 1. The SMILES string of the molecule is Cc1ccc(NC(=O)N(CC(=O)O)CC(F)(F)F)cc1Cl. The van der Waals surface area contributed by atoms with E-state index in [1.54, 1.807) is 13.0 Å². The number of aliphatic carboxylic acids is 1. The number of hydrogen-bond donors (Lipinski definition) is 2. The molecule has 0 fully saturated rings. The number of alkyl halides is 3. The van der Waals surface area contributed by atoms with Gasteiger partial charge in [-0.3, -0.25) is 4.79 Å². The number of carboxylic acids is 1. The van der Waals surface area contributed by atoms with Crippen LogP contribution in [0.4, 0.5) is 23.7 Å². The predicted molar refractivity (Wildman–Crippen MR) is 70.5 cm³/mol. The van der Waals surface area contributed by atoms with Crippen LogP contribution in [-0.2, 0) is 4.79 Å². The fourth-order valence-corrected chi connectivity index (χ4v) is 1.63. The first-order valence-corrected chi connectivity index (χ1v) is 6.07. The zero-order valence-electron chi connectivity index (χ0n) is 10.9. The highest BCUT2D eigenvalue weighted by Crippen LogP contribution is 2.21. The average molecular weight is 325 g/mol. The van der Waals surface area contributed by atoms with Crippen molar-refractivity contribution in [2.24, 2.45) is 0 Å². The standard InChI is InChI=1S/C12H12ClF3N2O3/c1-7-2-3-8(4-9(7)13)17-11(21)18(5-10(19)20)6-12(14,15)16/h2-4H,5-6H2,1H3,(H,17,21)(H,19,20). The lowest BCUT2D eigenvalue weighted by molar-refractivity contribution is -0.148. The number of amides is 2. The number of carbonyl (C=O) groups excluding carboxylic acids is 1. The Morgan fingerprint density at radius 1 is 1.38 bits per heavy atom. The van der Waals surface area contributed by atoms with Gasteiger partial charge in [-0.25, -0.2) is 4.79 Å². The van der Waals surface area contributed by atoms with Gasteiger partial charge < -0.3 is 15.3 Å². The molecule has 0 radical (unpaired) electrons. The Morgan fingerprint density at radius 3 is 2.48 bits per heavy atom. The topological polar surface area (TPSA) is 69.6 Å². The first-order valence-electron chi connectivity index (χ1n) is 5.69. The van der Waals surface area contributed by atoms with Gasteiger partial charge in [0.1, 0.15) is 13.1 Å². The fraction of sp³-hybridized carbons (Fsp3) is 0.333. The summed E-state index contributed by atoms with van der Waals surface area (Å²) in [6.45, 7) is -1.01. The summed E-state index contributed by atoms with van der Waals surface area (Å²) < 4.78 is 37.0. The summed E-state index contributed by atoms with van der Waals surface area (Å²) in [7, 11) is 0. The highest BCUT2D eigenvalue weighted by Gasteiger charge is 2.34. The second-order valence-electron chi connectivity index (χ2n) is 4.26. The molecule has 0 bridgehead atoms. The van der Waals surface area contributed by atoms with Gasteiger partial charge in [0.05, 0.1) is 0 Å². The van der Waals surface area contributed by atoms with Crippen molar-refractivity contribution in [1.82, 2.24) is 4.90 Å². The van der Waals surface area contributed by atoms with Crippen LogP contribution in [0.1, 0.15) is 5.56 Å². The number of benzene rings is 1. The largest absolute Gasteiger partial charge is 0.480 e. The van der Waals surface area contributed by atoms with E-state index >= 15 is 0 Å². The molecule has 116 valence electrons. The number of halogens is 4. The molecule has 0 unspecified atom stereocenters. The van der Waals surface area contributed by atoms with E-state index in [1.165, 1.54) is 12.1 Å². The van der Waals surface area contributed by atoms with E-state index < -0.39 is 31.3 Å². The molecule has 0 spiro atoms. The molecule has 1 aromatic rings. The molecule has 0 saturated heterocycles. The van der Waals surface area contributed by atoms with Gasteiger partial charge >= 0.3 is 18.2 Å². The molecular weight excluding hydrogens is 313 g/mol. The highest BCUT2D eigenvalue weighted by atomic mass is 35.5. The third-order valence-electron chi connectivity index (χ3n) is 2.41. The molecule has 1 rings (SSSR count). The van der Waals surface area contributed by atoms with Gasteiger partial charge in [-0.1, -0.05) is 17.7 Å². The van der Waals surface area contributed by atoms with E-state index in [0.29, 0.717) is 5.02 Å². The number of nitrogens with one attached hydrogen (secondary N) is 1. The smallest absolute Gasteiger partial charge is 0.406 e. The number of hydrogen-bond acceptors (Lipinski definition) is 2. The number of urea groups is 1. The van der Waals surface area contributed by atoms with Crippen molar-refractivity contribution in [3.8, 4) is 0 Å². The maximum Gasteiger partial charge on any atom is 0.406 e. The van der Waals surface area contributed by atoms with Crippen molar-refractivity contribution in [2.45, 2.75) is 13.1 Å². The monoisotopic (exact) mass is 324 g/mol. The molecule has 0 heterocycles. The normalized spacial score (nSPS) is 11.1. The van der Waals surface area contributed by atoms with Crippen LogP contribution in [0.3, 0.4) is 0 Å². The Labute approximate surface area is 123 Å². The summed E-state index contributed by atoms with van der Waals surface area (Å²) in [4.78, 5) is 22.4. The summed E-state index contributed by atoms with van der Waals surface area (Å²) in [6, 6.07) is 3.21. The van der Waals surface area contributed by atoms with Gasteiger partial charge in [0.25, 0.3) is 0 Å². The van der Waals surface area contributed by atoms with Crippen molar-refractivity contribution in [2.75, 3.05) is 18.4 Å². The molecule has 5 nitrogen and oxygen atoms in total. The first kappa shape index (κ1) is 17.1. The summed E-state index contributed by atoms with van der Waals surface area (Å²) in [5.74, 6) is -1.55. The van der Waals surface area contributed by atoms with Crippen LogP contribution in [0.15, 0.2) is 18.2 Å². The molecule has 0 atom stereocenters. The van der Waals surface area contributed by atoms with Gasteiger partial charge in [-0.2, -0.15) is 13.2 Å². The highest BCUT2D eigenvalue weighted by molar-refractivity contribution is 6.31. The van der Waals surface area contributed by atoms with Crippen LogP contribution in [0, 0.1) is 6.92 Å². The predicted octanol–water partition coefficient (Wildman–Crippen LogP) is 3.13. The summed E-state index contributed by atoms with van der Waals surface area (Å²) in [5, 5.41) is 11.1. The Kier molecular flexibility index (Phi) is 5.42. The fourth-order valence-electron chi connectivity index (χ4n) is 1.45. The lowest BCUT2D eigenvalue weighted by Gasteiger charge is -2.22. The molecule has 0 aliphatic rings. The minimum atomic E-state index is -4.70. The molecule has 9 heteroatoms. The Morgan fingerprint density at radius 2 is 2.00 bits per heavy atom. The van der Waals surface area contributed by atoms with Gasteiger partial charge in [-0.05, 0) is 24.6 Å². The number of rotatable bonds is 4. The van der Waals surface area contributed by atoms with Crippen LogP contribution >= 0.6 is 11.6 Å². The van der Waals surface area contributed by atoms with E-state index in [2.05, 4.69) is 5.32 Å². The van der Waals surface area contributed by atoms with Gasteiger partial charge in [-0.15, -0.1) is 0 Å². The van der Waals surface area contributed by atoms with Crippen LogP contribution in [0.25, 0.3) is 0 Å². The summed E-state index contributed by atoms with van der Waals surface area (Å²) >= 11 is 5.83. The van der Waals surface area contributed by atoms with Crippen LogP contribution in [-0.4, -0.2) is 41.3 Å². The molecule has 0 aliphatic carbocycles. The molecule has 0 saturated carbocycles. The van der Waals surface area contributed by atoms with Crippen LogP contribution in [0.5, 0.6) is 0 Å². The van der Waals surface area contributed by atoms with Crippen molar-refractivity contribution in [1.29, 1.82) is 0 Å². The van der Waals surface area contributed by atoms with Crippen molar-refractivity contribution in [3.05, 3.63) is 28.8 Å². The summed E-state index contributed by atoms with van der Waals surface area (Å²) in [6.07, 6.45) is -4.70. The second kappa shape index (κ2) is 6.66. The third-order valence-corrected chi connectivity index (χ3v) is 2.81. The average Bonchev–Trinajstić information content (AvgIpc) is 2.30. The van der Waals surface area contributed by atoms with E-state index in [4.69, 9.17) is 16.7 Å². The zero-order chi connectivity index (χ0) is 16.2. The zero-order valence-corrected chi connectivity index (χ0v) is 11.6. The van der Waals surface area contributed by atoms with E-state index in [-0.39, 0.29) is 10.6 Å². The lowest BCUT2D eigenvalue weighted by atomic mass is 10.2. The van der Waals surface area contributed by atoms with Crippen LogP contribution < -0.4 is 5.32 Å². The first-order chi connectivity index (χ1) is 9.58. The van der Waals surface area contributed by atoms with Crippen molar-refractivity contribution >= 4 is 29.3 Å². The maximum absolute atomic E-state index is 12.3. The Bertz CT molecular complexity index is 549. The number of aryl methyl sites for hydroxylation is 1. The van der Waals surface area contributed by atoms with E-state index in [1.807, 2.05) is 0 Å². The molecule has 0 aliphatic heterocycles. The van der Waals surface area contributed by atoms with Crippen molar-refractivity contribution in [3.63, 3.8) is 0 Å². The molecule has 1 aromatic carbocycles. The molecular formula is C12H12ClF3N2O3. The van der Waals surface area contributed by atoms with E-state index in [0.717, 1.165) is 5.56 Å².